The molecule has 52 heavy (non-hydrogen) atoms. The topological polar surface area (TPSA) is 51.8 Å². The molecule has 0 atom stereocenters. The molecule has 11 aromatic rings. The number of aromatic nitrogens is 3. The maximum atomic E-state index is 7.01. The van der Waals surface area contributed by atoms with Crippen LogP contribution >= 0.6 is 22.7 Å². The largest absolute Gasteiger partial charge is 0.455 e. The average molecular weight is 702 g/mol. The molecule has 4 heterocycles. The van der Waals surface area contributed by atoms with E-state index in [9.17, 15) is 0 Å². The minimum Gasteiger partial charge on any atom is -0.455 e. The fraction of sp³-hybridized carbons (Fsp3) is 0.0652. The second-order valence-electron chi connectivity index (χ2n) is 14.3. The molecule has 0 bridgehead atoms. The van der Waals surface area contributed by atoms with Gasteiger partial charge in [0.25, 0.3) is 0 Å². The number of rotatable bonds is 3. The Morgan fingerprint density at radius 1 is 0.500 bits per heavy atom. The van der Waals surface area contributed by atoms with Gasteiger partial charge in [0.05, 0.1) is 4.70 Å². The van der Waals surface area contributed by atoms with Gasteiger partial charge in [0, 0.05) is 63.1 Å². The normalized spacial score (nSPS) is 13.7. The van der Waals surface area contributed by atoms with Crippen LogP contribution in [0.5, 0.6) is 0 Å². The lowest BCUT2D eigenvalue weighted by Gasteiger charge is -2.21. The van der Waals surface area contributed by atoms with Crippen molar-refractivity contribution in [1.29, 1.82) is 0 Å². The summed E-state index contributed by atoms with van der Waals surface area (Å²) >= 11 is 3.64. The van der Waals surface area contributed by atoms with Crippen LogP contribution in [0.4, 0.5) is 0 Å². The first-order chi connectivity index (χ1) is 25.5. The Morgan fingerprint density at radius 2 is 1.19 bits per heavy atom. The highest BCUT2D eigenvalue weighted by Gasteiger charge is 2.35. The fourth-order valence-electron chi connectivity index (χ4n) is 8.64. The molecule has 0 saturated heterocycles. The number of benzene rings is 7. The molecule has 6 heteroatoms. The average Bonchev–Trinajstić information content (AvgIpc) is 3.78. The van der Waals surface area contributed by atoms with Crippen LogP contribution in [0.15, 0.2) is 132 Å². The third-order valence-corrected chi connectivity index (χ3v) is 13.4. The molecular weight excluding hydrogens is 675 g/mol. The summed E-state index contributed by atoms with van der Waals surface area (Å²) in [6.45, 7) is 4.62. The number of fused-ring (bicyclic) bond motifs is 5. The number of hydrogen-bond donors (Lipinski definition) is 0. The zero-order valence-electron chi connectivity index (χ0n) is 28.2. The van der Waals surface area contributed by atoms with Crippen LogP contribution in [-0.4, -0.2) is 15.0 Å². The maximum absolute atomic E-state index is 7.01. The van der Waals surface area contributed by atoms with Crippen molar-refractivity contribution in [3.05, 3.63) is 139 Å². The fourth-order valence-corrected chi connectivity index (χ4v) is 11.0. The molecule has 0 unspecified atom stereocenters. The highest BCUT2D eigenvalue weighted by atomic mass is 32.1. The molecule has 4 nitrogen and oxygen atoms in total. The van der Waals surface area contributed by atoms with Gasteiger partial charge in [0.1, 0.15) is 11.2 Å². The molecule has 1 aliphatic rings. The van der Waals surface area contributed by atoms with E-state index < -0.39 is 0 Å². The summed E-state index contributed by atoms with van der Waals surface area (Å²) in [6.07, 6.45) is 0. The van der Waals surface area contributed by atoms with Crippen molar-refractivity contribution >= 4 is 85.0 Å². The molecular formula is C46H27N3OS2. The van der Waals surface area contributed by atoms with Gasteiger partial charge in [0.15, 0.2) is 17.5 Å². The van der Waals surface area contributed by atoms with Crippen molar-refractivity contribution in [2.45, 2.75) is 19.3 Å². The van der Waals surface area contributed by atoms with Gasteiger partial charge < -0.3 is 4.42 Å². The molecule has 0 fully saturated rings. The van der Waals surface area contributed by atoms with E-state index in [0.29, 0.717) is 17.5 Å². The molecule has 0 amide bonds. The quantitative estimate of drug-likeness (QED) is 0.184. The first kappa shape index (κ1) is 28.7. The summed E-state index contributed by atoms with van der Waals surface area (Å²) in [4.78, 5) is 15.6. The molecule has 0 spiro atoms. The summed E-state index contributed by atoms with van der Waals surface area (Å²) in [7, 11) is 0. The first-order valence-corrected chi connectivity index (χ1v) is 19.2. The minimum atomic E-state index is -0.132. The van der Waals surface area contributed by atoms with Gasteiger partial charge >= 0.3 is 0 Å². The molecule has 244 valence electrons. The zero-order valence-corrected chi connectivity index (χ0v) is 29.8. The molecule has 12 rings (SSSR count). The van der Waals surface area contributed by atoms with Gasteiger partial charge in [-0.3, -0.25) is 0 Å². The minimum absolute atomic E-state index is 0.132. The standard InChI is InChI=1S/C46H27N3OS2/c1-46(2)31-15-9-8-14-28(31)29-17-16-26(22-32(29)46)44-47-43(24-10-4-3-5-11-24)48-45(49-44)30-18-19-33-37-38-35(52-42(30)37)21-20-34-39(38)40-36(51-34)23-25-12-6-7-13-27(25)41(40)50-33/h3-23H,1-2H3. The maximum Gasteiger partial charge on any atom is 0.165 e. The van der Waals surface area contributed by atoms with Gasteiger partial charge in [-0.1, -0.05) is 105 Å². The zero-order chi connectivity index (χ0) is 34.3. The lowest BCUT2D eigenvalue weighted by Crippen LogP contribution is -2.15. The Bertz CT molecular complexity index is 3280. The van der Waals surface area contributed by atoms with E-state index in [-0.39, 0.29) is 5.41 Å². The monoisotopic (exact) mass is 701 g/mol. The number of hydrogen-bond acceptors (Lipinski definition) is 6. The number of nitrogens with zero attached hydrogens (tertiary/aromatic N) is 3. The Morgan fingerprint density at radius 3 is 2.08 bits per heavy atom. The van der Waals surface area contributed by atoms with E-state index in [1.54, 1.807) is 11.3 Å². The first-order valence-electron chi connectivity index (χ1n) is 17.5. The van der Waals surface area contributed by atoms with Gasteiger partial charge in [-0.25, -0.2) is 15.0 Å². The Labute approximate surface area is 306 Å². The Hall–Kier alpha value is -5.95. The van der Waals surface area contributed by atoms with Crippen molar-refractivity contribution in [2.75, 3.05) is 0 Å². The van der Waals surface area contributed by atoms with E-state index in [4.69, 9.17) is 19.4 Å². The number of thiophene rings is 2. The van der Waals surface area contributed by atoms with E-state index in [0.717, 1.165) is 43.3 Å². The van der Waals surface area contributed by atoms with E-state index in [1.807, 2.05) is 29.5 Å². The second-order valence-corrected chi connectivity index (χ2v) is 16.5. The van der Waals surface area contributed by atoms with Crippen LogP contribution in [0.2, 0.25) is 0 Å². The predicted octanol–water partition coefficient (Wildman–Crippen LogP) is 13.3. The summed E-state index contributed by atoms with van der Waals surface area (Å²) < 4.78 is 11.9. The molecule has 0 N–H and O–H groups in total. The summed E-state index contributed by atoms with van der Waals surface area (Å²) in [5, 5.41) is 7.19. The van der Waals surface area contributed by atoms with E-state index in [1.165, 1.54) is 57.9 Å². The van der Waals surface area contributed by atoms with Gasteiger partial charge in [-0.05, 0) is 64.0 Å². The van der Waals surface area contributed by atoms with Gasteiger partial charge in [-0.2, -0.15) is 0 Å². The smallest absolute Gasteiger partial charge is 0.165 e. The van der Waals surface area contributed by atoms with Gasteiger partial charge in [-0.15, -0.1) is 22.7 Å². The van der Waals surface area contributed by atoms with Crippen LogP contribution in [-0.2, 0) is 5.41 Å². The van der Waals surface area contributed by atoms with Crippen LogP contribution in [0.3, 0.4) is 0 Å². The third kappa shape index (κ3) is 3.78. The molecule has 4 aromatic heterocycles. The van der Waals surface area contributed by atoms with Crippen LogP contribution < -0.4 is 0 Å². The van der Waals surface area contributed by atoms with Gasteiger partial charge in [0.2, 0.25) is 0 Å². The van der Waals surface area contributed by atoms with Crippen molar-refractivity contribution in [3.63, 3.8) is 0 Å². The molecule has 0 saturated carbocycles. The van der Waals surface area contributed by atoms with Crippen molar-refractivity contribution in [3.8, 4) is 45.3 Å². The molecule has 0 aliphatic heterocycles. The SMILES string of the molecule is CC1(C)c2ccccc2-c2ccc(-c3nc(-c4ccccc4)nc(-c4ccc5oc6c7ccccc7cc7sc8ccc9sc4c5c9c8c76)n3)cc21. The highest BCUT2D eigenvalue weighted by Crippen LogP contribution is 2.52. The lowest BCUT2D eigenvalue weighted by molar-refractivity contribution is 0.660. The van der Waals surface area contributed by atoms with Crippen molar-refractivity contribution in [2.24, 2.45) is 0 Å². The Kier molecular flexibility index (Phi) is 5.58. The molecule has 7 aromatic carbocycles. The molecule has 0 radical (unpaired) electrons. The predicted molar refractivity (Wildman–Crippen MR) is 218 cm³/mol. The third-order valence-electron chi connectivity index (χ3n) is 11.1. The van der Waals surface area contributed by atoms with Crippen LogP contribution in [0, 0.1) is 0 Å². The van der Waals surface area contributed by atoms with E-state index in [2.05, 4.69) is 123 Å². The molecule has 1 aliphatic carbocycles. The Balaban J connectivity index is 1.14. The summed E-state index contributed by atoms with van der Waals surface area (Å²) in [5.41, 5.74) is 9.81. The highest BCUT2D eigenvalue weighted by molar-refractivity contribution is 7.28. The van der Waals surface area contributed by atoms with Crippen LogP contribution in [0.25, 0.3) is 108 Å². The van der Waals surface area contributed by atoms with E-state index >= 15 is 0 Å². The second kappa shape index (κ2) is 10.1. The van der Waals surface area contributed by atoms with Crippen molar-refractivity contribution < 1.29 is 4.42 Å². The summed E-state index contributed by atoms with van der Waals surface area (Å²) in [5.74, 6) is 1.98. The van der Waals surface area contributed by atoms with Crippen molar-refractivity contribution in [1.82, 2.24) is 15.0 Å². The lowest BCUT2D eigenvalue weighted by atomic mass is 9.82. The van der Waals surface area contributed by atoms with Crippen LogP contribution in [0.1, 0.15) is 25.0 Å². The summed E-state index contributed by atoms with van der Waals surface area (Å²) in [6, 6.07) is 45.3.